The number of thiophene rings is 1. The fourth-order valence-electron chi connectivity index (χ4n) is 3.37. The Balaban J connectivity index is 1.41. The number of amides is 1. The van der Waals surface area contributed by atoms with Crippen molar-refractivity contribution in [3.63, 3.8) is 0 Å². The Kier molecular flexibility index (Phi) is 8.50. The lowest BCUT2D eigenvalue weighted by Gasteiger charge is -2.35. The van der Waals surface area contributed by atoms with Crippen molar-refractivity contribution in [3.05, 3.63) is 46.3 Å². The number of aliphatic imine (C=N–C) groups is 1. The van der Waals surface area contributed by atoms with Crippen LogP contribution in [0.15, 0.2) is 41.5 Å². The molecule has 162 valence electrons. The molecule has 1 aliphatic rings. The van der Waals surface area contributed by atoms with Gasteiger partial charge >= 0.3 is 0 Å². The van der Waals surface area contributed by atoms with Crippen LogP contribution in [0.4, 0.5) is 5.82 Å². The van der Waals surface area contributed by atoms with Crippen LogP contribution >= 0.6 is 11.3 Å². The fourth-order valence-corrected chi connectivity index (χ4v) is 4.25. The smallest absolute Gasteiger partial charge is 0.224 e. The number of aryl methyl sites for hydroxylation is 1. The first-order valence-electron chi connectivity index (χ1n) is 10.7. The van der Waals surface area contributed by atoms with Gasteiger partial charge in [-0.05, 0) is 37.6 Å². The van der Waals surface area contributed by atoms with E-state index in [-0.39, 0.29) is 5.91 Å². The molecule has 0 atom stereocenters. The van der Waals surface area contributed by atoms with Gasteiger partial charge in [-0.25, -0.2) is 9.98 Å². The molecule has 7 nitrogen and oxygen atoms in total. The van der Waals surface area contributed by atoms with Gasteiger partial charge < -0.3 is 20.4 Å². The van der Waals surface area contributed by atoms with Crippen LogP contribution in [-0.4, -0.2) is 61.0 Å². The van der Waals surface area contributed by atoms with Gasteiger partial charge in [0.05, 0.1) is 6.54 Å². The van der Waals surface area contributed by atoms with Gasteiger partial charge in [-0.3, -0.25) is 4.79 Å². The summed E-state index contributed by atoms with van der Waals surface area (Å²) in [6, 6.07) is 10.2. The van der Waals surface area contributed by atoms with Crippen molar-refractivity contribution >= 4 is 29.0 Å². The van der Waals surface area contributed by atoms with Gasteiger partial charge in [-0.2, -0.15) is 0 Å². The SMILES string of the molecule is CCNC(=NCc1ccc(CC)s1)NCCC(=O)N1CCN(c2ccccn2)CC1. The second-order valence-electron chi connectivity index (χ2n) is 7.15. The summed E-state index contributed by atoms with van der Waals surface area (Å²) >= 11 is 1.81. The quantitative estimate of drug-likeness (QED) is 0.499. The van der Waals surface area contributed by atoms with Crippen LogP contribution in [0.25, 0.3) is 0 Å². The summed E-state index contributed by atoms with van der Waals surface area (Å²) in [4.78, 5) is 28.4. The molecule has 30 heavy (non-hydrogen) atoms. The normalized spacial score (nSPS) is 14.7. The summed E-state index contributed by atoms with van der Waals surface area (Å²) in [5.41, 5.74) is 0. The largest absolute Gasteiger partial charge is 0.357 e. The molecule has 0 bridgehead atoms. The van der Waals surface area contributed by atoms with Gasteiger partial charge in [0.15, 0.2) is 5.96 Å². The third-order valence-electron chi connectivity index (χ3n) is 5.04. The highest BCUT2D eigenvalue weighted by Crippen LogP contribution is 2.17. The van der Waals surface area contributed by atoms with E-state index in [0.29, 0.717) is 19.5 Å². The lowest BCUT2D eigenvalue weighted by Crippen LogP contribution is -2.49. The van der Waals surface area contributed by atoms with E-state index >= 15 is 0 Å². The van der Waals surface area contributed by atoms with Crippen molar-refractivity contribution in [1.82, 2.24) is 20.5 Å². The highest BCUT2D eigenvalue weighted by Gasteiger charge is 2.21. The predicted octanol–water partition coefficient (Wildman–Crippen LogP) is 2.50. The van der Waals surface area contributed by atoms with Gasteiger partial charge in [0.25, 0.3) is 0 Å². The number of aromatic nitrogens is 1. The van der Waals surface area contributed by atoms with Crippen LogP contribution in [-0.2, 0) is 17.8 Å². The Morgan fingerprint density at radius 1 is 1.10 bits per heavy atom. The Bertz CT molecular complexity index is 814. The zero-order valence-electron chi connectivity index (χ0n) is 17.9. The number of carbonyl (C=O) groups excluding carboxylic acids is 1. The van der Waals surface area contributed by atoms with Gasteiger partial charge in [-0.15, -0.1) is 11.3 Å². The molecular weight excluding hydrogens is 396 g/mol. The molecule has 8 heteroatoms. The number of piperazine rings is 1. The number of nitrogens with zero attached hydrogens (tertiary/aromatic N) is 4. The Morgan fingerprint density at radius 2 is 1.90 bits per heavy atom. The van der Waals surface area contributed by atoms with Crippen molar-refractivity contribution in [2.75, 3.05) is 44.2 Å². The molecule has 2 N–H and O–H groups in total. The summed E-state index contributed by atoms with van der Waals surface area (Å²) in [6.45, 7) is 9.36. The molecule has 0 saturated carbocycles. The molecule has 0 aliphatic carbocycles. The Hall–Kier alpha value is -2.61. The number of pyridine rings is 1. The van der Waals surface area contributed by atoms with Crippen molar-refractivity contribution in [1.29, 1.82) is 0 Å². The first kappa shape index (κ1) is 22.1. The van der Waals surface area contributed by atoms with Crippen LogP contribution in [0.5, 0.6) is 0 Å². The standard InChI is InChI=1S/C22H32N6OS/c1-3-18-8-9-19(30-18)17-26-22(23-4-2)25-12-10-21(29)28-15-13-27(14-16-28)20-7-5-6-11-24-20/h5-9,11H,3-4,10,12-17H2,1-2H3,(H2,23,25,26). The van der Waals surface area contributed by atoms with Crippen molar-refractivity contribution in [2.24, 2.45) is 4.99 Å². The number of hydrogen-bond donors (Lipinski definition) is 2. The Labute approximate surface area is 183 Å². The second kappa shape index (κ2) is 11.5. The molecule has 0 aromatic carbocycles. The lowest BCUT2D eigenvalue weighted by molar-refractivity contribution is -0.131. The monoisotopic (exact) mass is 428 g/mol. The van der Waals surface area contributed by atoms with E-state index in [9.17, 15) is 4.79 Å². The molecule has 1 amide bonds. The van der Waals surface area contributed by atoms with Crippen molar-refractivity contribution < 1.29 is 4.79 Å². The minimum absolute atomic E-state index is 0.185. The molecule has 0 radical (unpaired) electrons. The lowest BCUT2D eigenvalue weighted by atomic mass is 10.2. The fraction of sp³-hybridized carbons (Fsp3) is 0.500. The third kappa shape index (κ3) is 6.45. The molecule has 1 saturated heterocycles. The number of anilines is 1. The van der Waals surface area contributed by atoms with E-state index < -0.39 is 0 Å². The number of hydrogen-bond acceptors (Lipinski definition) is 5. The van der Waals surface area contributed by atoms with E-state index in [1.165, 1.54) is 9.75 Å². The molecule has 0 spiro atoms. The minimum atomic E-state index is 0.185. The van der Waals surface area contributed by atoms with Gasteiger partial charge in [0.2, 0.25) is 5.91 Å². The van der Waals surface area contributed by atoms with Crippen molar-refractivity contribution in [2.45, 2.75) is 33.2 Å². The maximum atomic E-state index is 12.6. The predicted molar refractivity (Wildman–Crippen MR) is 124 cm³/mol. The van der Waals surface area contributed by atoms with Crippen LogP contribution < -0.4 is 15.5 Å². The maximum absolute atomic E-state index is 12.6. The van der Waals surface area contributed by atoms with Crippen LogP contribution in [0.3, 0.4) is 0 Å². The van der Waals surface area contributed by atoms with Gasteiger partial charge in [0.1, 0.15) is 5.82 Å². The summed E-state index contributed by atoms with van der Waals surface area (Å²) in [7, 11) is 0. The Morgan fingerprint density at radius 3 is 2.57 bits per heavy atom. The summed E-state index contributed by atoms with van der Waals surface area (Å²) in [5, 5.41) is 6.55. The number of rotatable bonds is 8. The van der Waals surface area contributed by atoms with E-state index in [1.807, 2.05) is 47.6 Å². The first-order valence-corrected chi connectivity index (χ1v) is 11.5. The van der Waals surface area contributed by atoms with E-state index in [0.717, 1.165) is 50.9 Å². The number of guanidine groups is 1. The molecule has 3 rings (SSSR count). The minimum Gasteiger partial charge on any atom is -0.357 e. The zero-order valence-corrected chi connectivity index (χ0v) is 18.7. The van der Waals surface area contributed by atoms with E-state index in [1.54, 1.807) is 0 Å². The summed E-state index contributed by atoms with van der Waals surface area (Å²) in [5.74, 6) is 1.93. The molecule has 2 aromatic rings. The van der Waals surface area contributed by atoms with Crippen LogP contribution in [0.2, 0.25) is 0 Å². The van der Waals surface area contributed by atoms with Crippen molar-refractivity contribution in [3.8, 4) is 0 Å². The average molecular weight is 429 g/mol. The number of carbonyl (C=O) groups is 1. The molecular formula is C22H32N6OS. The first-order chi connectivity index (χ1) is 14.7. The van der Waals surface area contributed by atoms with Gasteiger partial charge in [-0.1, -0.05) is 13.0 Å². The molecule has 3 heterocycles. The topological polar surface area (TPSA) is 72.9 Å². The second-order valence-corrected chi connectivity index (χ2v) is 8.40. The molecule has 1 aliphatic heterocycles. The average Bonchev–Trinajstić information content (AvgIpc) is 3.26. The molecule has 0 unspecified atom stereocenters. The van der Waals surface area contributed by atoms with Crippen LogP contribution in [0.1, 0.15) is 30.0 Å². The van der Waals surface area contributed by atoms with Gasteiger partial charge in [0, 0.05) is 61.6 Å². The highest BCUT2D eigenvalue weighted by molar-refractivity contribution is 7.11. The number of nitrogens with one attached hydrogen (secondary N) is 2. The molecule has 1 fully saturated rings. The highest BCUT2D eigenvalue weighted by atomic mass is 32.1. The summed E-state index contributed by atoms with van der Waals surface area (Å²) in [6.07, 6.45) is 3.33. The third-order valence-corrected chi connectivity index (χ3v) is 6.25. The van der Waals surface area contributed by atoms with Crippen LogP contribution in [0, 0.1) is 0 Å². The summed E-state index contributed by atoms with van der Waals surface area (Å²) < 4.78 is 0. The molecule has 2 aromatic heterocycles. The zero-order chi connectivity index (χ0) is 21.2. The maximum Gasteiger partial charge on any atom is 0.224 e. The van der Waals surface area contributed by atoms with E-state index in [2.05, 4.69) is 44.6 Å². The van der Waals surface area contributed by atoms with E-state index in [4.69, 9.17) is 0 Å².